The first-order chi connectivity index (χ1) is 8.53. The number of methoxy groups -OCH3 is 1. The minimum absolute atomic E-state index is 0.219. The maximum Gasteiger partial charge on any atom is 0.136 e. The monoisotopic (exact) mass is 250 g/mol. The van der Waals surface area contributed by atoms with Crippen LogP contribution in [0.1, 0.15) is 33.1 Å². The molecule has 3 nitrogen and oxygen atoms in total. The van der Waals surface area contributed by atoms with Crippen molar-refractivity contribution in [1.82, 2.24) is 0 Å². The van der Waals surface area contributed by atoms with Crippen LogP contribution in [-0.4, -0.2) is 25.1 Å². The summed E-state index contributed by atoms with van der Waals surface area (Å²) < 4.78 is 10.8. The van der Waals surface area contributed by atoms with E-state index in [1.165, 1.54) is 0 Å². The van der Waals surface area contributed by atoms with E-state index in [-0.39, 0.29) is 11.4 Å². The zero-order valence-electron chi connectivity index (χ0n) is 11.4. The molecule has 0 fully saturated rings. The second-order valence-corrected chi connectivity index (χ2v) is 4.91. The second kappa shape index (κ2) is 7.17. The summed E-state index contributed by atoms with van der Waals surface area (Å²) >= 11 is 0. The highest BCUT2D eigenvalue weighted by atomic mass is 16.5. The number of carbonyl (C=O) groups is 1. The molecule has 0 spiro atoms. The lowest BCUT2D eigenvalue weighted by Crippen LogP contribution is -2.23. The third-order valence-corrected chi connectivity index (χ3v) is 2.95. The fraction of sp³-hybridized carbons (Fsp3) is 0.533. The zero-order chi connectivity index (χ0) is 13.4. The fourth-order valence-electron chi connectivity index (χ4n) is 1.47. The maximum atomic E-state index is 11.7. The van der Waals surface area contributed by atoms with Gasteiger partial charge in [0.05, 0.1) is 12.2 Å². The molecular formula is C15H22O3. The molecular weight excluding hydrogens is 228 g/mol. The Morgan fingerprint density at radius 1 is 1.17 bits per heavy atom. The molecule has 1 aromatic rings. The lowest BCUT2D eigenvalue weighted by atomic mass is 10.00. The first kappa shape index (κ1) is 14.7. The molecule has 0 aliphatic heterocycles. The summed E-state index contributed by atoms with van der Waals surface area (Å²) in [7, 11) is 1.67. The van der Waals surface area contributed by atoms with Crippen LogP contribution in [0.2, 0.25) is 0 Å². The number of hydrogen-bond donors (Lipinski definition) is 0. The molecule has 100 valence electrons. The Bertz CT molecular complexity index is 357. The van der Waals surface area contributed by atoms with Gasteiger partial charge in [0.2, 0.25) is 0 Å². The number of ether oxygens (including phenoxy) is 2. The van der Waals surface area contributed by atoms with Gasteiger partial charge in [-0.1, -0.05) is 18.2 Å². The molecule has 0 saturated heterocycles. The Balaban J connectivity index is 2.18. The minimum atomic E-state index is -0.226. The molecule has 0 aromatic heterocycles. The smallest absolute Gasteiger partial charge is 0.136 e. The van der Waals surface area contributed by atoms with Crippen LogP contribution in [0.4, 0.5) is 0 Å². The quantitative estimate of drug-likeness (QED) is 0.710. The summed E-state index contributed by atoms with van der Waals surface area (Å²) in [6, 6.07) is 9.54. The van der Waals surface area contributed by atoms with Gasteiger partial charge in [0.25, 0.3) is 0 Å². The molecule has 0 aliphatic rings. The summed E-state index contributed by atoms with van der Waals surface area (Å²) in [4.78, 5) is 11.7. The van der Waals surface area contributed by atoms with Crippen LogP contribution in [0.5, 0.6) is 5.75 Å². The normalized spacial score (nSPS) is 11.3. The summed E-state index contributed by atoms with van der Waals surface area (Å²) in [6.45, 7) is 4.41. The SMILES string of the molecule is COC(C)(C)CCC(=O)CCOc1ccccc1. The number of ketones is 1. The van der Waals surface area contributed by atoms with E-state index < -0.39 is 0 Å². The Kier molecular flexibility index (Phi) is 5.86. The van der Waals surface area contributed by atoms with Crippen LogP contribution in [0.15, 0.2) is 30.3 Å². The Labute approximate surface area is 109 Å². The molecule has 0 amide bonds. The molecule has 0 atom stereocenters. The topological polar surface area (TPSA) is 35.5 Å². The van der Waals surface area contributed by atoms with Crippen LogP contribution in [0.25, 0.3) is 0 Å². The van der Waals surface area contributed by atoms with Crippen molar-refractivity contribution in [2.24, 2.45) is 0 Å². The van der Waals surface area contributed by atoms with Crippen molar-refractivity contribution in [3.05, 3.63) is 30.3 Å². The van der Waals surface area contributed by atoms with Crippen molar-refractivity contribution in [2.75, 3.05) is 13.7 Å². The third kappa shape index (κ3) is 5.82. The molecule has 0 radical (unpaired) electrons. The maximum absolute atomic E-state index is 11.7. The van der Waals surface area contributed by atoms with E-state index >= 15 is 0 Å². The van der Waals surface area contributed by atoms with Gasteiger partial charge in [0.1, 0.15) is 11.5 Å². The molecule has 0 heterocycles. The molecule has 0 saturated carbocycles. The summed E-state index contributed by atoms with van der Waals surface area (Å²) in [5.74, 6) is 1.03. The Morgan fingerprint density at radius 3 is 2.44 bits per heavy atom. The number of para-hydroxylation sites is 1. The van der Waals surface area contributed by atoms with Gasteiger partial charge in [-0.3, -0.25) is 4.79 Å². The predicted molar refractivity (Wildman–Crippen MR) is 71.9 cm³/mol. The zero-order valence-corrected chi connectivity index (χ0v) is 11.4. The average Bonchev–Trinajstić information content (AvgIpc) is 2.38. The van der Waals surface area contributed by atoms with Gasteiger partial charge in [0, 0.05) is 20.0 Å². The van der Waals surface area contributed by atoms with Crippen molar-refractivity contribution in [3.8, 4) is 5.75 Å². The molecule has 1 aromatic carbocycles. The van der Waals surface area contributed by atoms with Gasteiger partial charge >= 0.3 is 0 Å². The van der Waals surface area contributed by atoms with E-state index in [2.05, 4.69) is 0 Å². The van der Waals surface area contributed by atoms with Crippen molar-refractivity contribution in [3.63, 3.8) is 0 Å². The summed E-state index contributed by atoms with van der Waals surface area (Å²) in [5, 5.41) is 0. The minimum Gasteiger partial charge on any atom is -0.493 e. The molecule has 1 rings (SSSR count). The van der Waals surface area contributed by atoms with Crippen LogP contribution < -0.4 is 4.74 Å². The number of rotatable bonds is 8. The van der Waals surface area contributed by atoms with Crippen molar-refractivity contribution in [1.29, 1.82) is 0 Å². The van der Waals surface area contributed by atoms with Gasteiger partial charge in [-0.2, -0.15) is 0 Å². The van der Waals surface area contributed by atoms with E-state index in [0.717, 1.165) is 12.2 Å². The lowest BCUT2D eigenvalue weighted by molar-refractivity contribution is -0.120. The van der Waals surface area contributed by atoms with E-state index in [1.807, 2.05) is 44.2 Å². The third-order valence-electron chi connectivity index (χ3n) is 2.95. The molecule has 3 heteroatoms. The van der Waals surface area contributed by atoms with Crippen LogP contribution >= 0.6 is 0 Å². The molecule has 18 heavy (non-hydrogen) atoms. The van der Waals surface area contributed by atoms with Crippen molar-refractivity contribution in [2.45, 2.75) is 38.7 Å². The highest BCUT2D eigenvalue weighted by Crippen LogP contribution is 2.16. The number of hydrogen-bond acceptors (Lipinski definition) is 3. The molecule has 0 unspecified atom stereocenters. The first-order valence-corrected chi connectivity index (χ1v) is 6.28. The van der Waals surface area contributed by atoms with Gasteiger partial charge in [0.15, 0.2) is 0 Å². The summed E-state index contributed by atoms with van der Waals surface area (Å²) in [6.07, 6.45) is 1.74. The molecule has 0 bridgehead atoms. The van der Waals surface area contributed by atoms with Gasteiger partial charge in [-0.15, -0.1) is 0 Å². The predicted octanol–water partition coefficient (Wildman–Crippen LogP) is 3.23. The van der Waals surface area contributed by atoms with E-state index in [1.54, 1.807) is 7.11 Å². The number of Topliss-reactive ketones (excluding diaryl/α,β-unsaturated/α-hetero) is 1. The second-order valence-electron chi connectivity index (χ2n) is 4.91. The van der Waals surface area contributed by atoms with Crippen molar-refractivity contribution < 1.29 is 14.3 Å². The Morgan fingerprint density at radius 2 is 1.83 bits per heavy atom. The first-order valence-electron chi connectivity index (χ1n) is 6.28. The van der Waals surface area contributed by atoms with Crippen molar-refractivity contribution >= 4 is 5.78 Å². The van der Waals surface area contributed by atoms with E-state index in [0.29, 0.717) is 19.4 Å². The Hall–Kier alpha value is -1.35. The lowest BCUT2D eigenvalue weighted by Gasteiger charge is -2.22. The number of benzene rings is 1. The molecule has 0 N–H and O–H groups in total. The molecule has 0 aliphatic carbocycles. The van der Waals surface area contributed by atoms with Gasteiger partial charge in [-0.05, 0) is 32.4 Å². The largest absolute Gasteiger partial charge is 0.493 e. The van der Waals surface area contributed by atoms with Crippen LogP contribution in [0, 0.1) is 0 Å². The van der Waals surface area contributed by atoms with Crippen LogP contribution in [-0.2, 0) is 9.53 Å². The van der Waals surface area contributed by atoms with Crippen LogP contribution in [0.3, 0.4) is 0 Å². The van der Waals surface area contributed by atoms with Gasteiger partial charge in [-0.25, -0.2) is 0 Å². The van der Waals surface area contributed by atoms with E-state index in [9.17, 15) is 4.79 Å². The highest BCUT2D eigenvalue weighted by molar-refractivity contribution is 5.78. The fourth-order valence-corrected chi connectivity index (χ4v) is 1.47. The van der Waals surface area contributed by atoms with Gasteiger partial charge < -0.3 is 9.47 Å². The average molecular weight is 250 g/mol. The number of carbonyl (C=O) groups excluding carboxylic acids is 1. The van der Waals surface area contributed by atoms with E-state index in [4.69, 9.17) is 9.47 Å². The summed E-state index contributed by atoms with van der Waals surface area (Å²) in [5.41, 5.74) is -0.226. The highest BCUT2D eigenvalue weighted by Gasteiger charge is 2.17. The standard InChI is InChI=1S/C15H22O3/c1-15(2,17-3)11-9-13(16)10-12-18-14-7-5-4-6-8-14/h4-8H,9-12H2,1-3H3.